The molecule has 0 aromatic carbocycles. The Morgan fingerprint density at radius 2 is 0.949 bits per heavy atom. The minimum atomic E-state index is -2.98. The van der Waals surface area contributed by atoms with Gasteiger partial charge < -0.3 is 9.47 Å². The van der Waals surface area contributed by atoms with E-state index < -0.39 is 9.84 Å². The number of hydrogen-bond acceptors (Lipinski definition) is 4. The average molecular weight is 565 g/mol. The van der Waals surface area contributed by atoms with Crippen LogP contribution in [0.1, 0.15) is 149 Å². The molecule has 0 heterocycles. The molecule has 4 nitrogen and oxygen atoms in total. The van der Waals surface area contributed by atoms with Crippen molar-refractivity contribution < 1.29 is 17.9 Å². The lowest BCUT2D eigenvalue weighted by molar-refractivity contribution is -0.0888. The van der Waals surface area contributed by atoms with Gasteiger partial charge >= 0.3 is 0 Å². The van der Waals surface area contributed by atoms with Gasteiger partial charge in [0.05, 0.1) is 28.8 Å². The first-order valence-corrected chi connectivity index (χ1v) is 18.8. The molecule has 0 spiro atoms. The van der Waals surface area contributed by atoms with Crippen molar-refractivity contribution in [3.63, 3.8) is 0 Å². The highest BCUT2D eigenvalue weighted by Crippen LogP contribution is 2.56. The molecule has 1 atom stereocenters. The summed E-state index contributed by atoms with van der Waals surface area (Å²) >= 11 is 0. The van der Waals surface area contributed by atoms with Gasteiger partial charge in [-0.3, -0.25) is 0 Å². The second kappa shape index (κ2) is 13.4. The SMILES string of the molecule is COC1CCC(C(C)(C2CCCCC2)C2CCC(OC3CCC(S(=O)(=O)C4CCC(C)CC4)CC3)CC2)CC1. The largest absolute Gasteiger partial charge is 0.381 e. The van der Waals surface area contributed by atoms with E-state index in [2.05, 4.69) is 13.8 Å². The monoisotopic (exact) mass is 564 g/mol. The zero-order chi connectivity index (χ0) is 27.5. The fourth-order valence-corrected chi connectivity index (χ4v) is 12.5. The number of methoxy groups -OCH3 is 1. The summed E-state index contributed by atoms with van der Waals surface area (Å²) < 4.78 is 39.1. The first-order valence-electron chi connectivity index (χ1n) is 17.2. The molecule has 0 aromatic rings. The summed E-state index contributed by atoms with van der Waals surface area (Å²) in [7, 11) is -1.08. The molecule has 0 bridgehead atoms. The average Bonchev–Trinajstić information content (AvgIpc) is 2.98. The predicted octanol–water partition coefficient (Wildman–Crippen LogP) is 8.66. The minimum absolute atomic E-state index is 0.0746. The number of ether oxygens (including phenoxy) is 2. The van der Waals surface area contributed by atoms with Crippen molar-refractivity contribution in [3.05, 3.63) is 0 Å². The molecule has 5 aliphatic rings. The highest BCUT2D eigenvalue weighted by atomic mass is 32.2. The molecule has 0 saturated heterocycles. The molecule has 0 amide bonds. The lowest BCUT2D eigenvalue weighted by atomic mass is 9.52. The molecule has 1 unspecified atom stereocenters. The highest BCUT2D eigenvalue weighted by Gasteiger charge is 2.49. The Hall–Kier alpha value is -0.130. The molecular weight excluding hydrogens is 504 g/mol. The standard InChI is InChI=1S/C34H60O4S/c1-25-9-21-32(22-10-25)39(35,36)33-23-19-31(20-24-33)38-30-17-13-28(14-18-30)34(2,26-7-5-4-6-8-26)27-11-15-29(37-3)16-12-27/h25-33H,4-24H2,1-3H3. The predicted molar refractivity (Wildman–Crippen MR) is 161 cm³/mol. The summed E-state index contributed by atoms with van der Waals surface area (Å²) in [5.74, 6) is 3.30. The van der Waals surface area contributed by atoms with Gasteiger partial charge in [0, 0.05) is 7.11 Å². The summed E-state index contributed by atoms with van der Waals surface area (Å²) in [5.41, 5.74) is 0.480. The molecule has 0 aliphatic heterocycles. The van der Waals surface area contributed by atoms with Crippen LogP contribution in [0.2, 0.25) is 0 Å². The number of sulfone groups is 1. The summed E-state index contributed by atoms with van der Waals surface area (Å²) in [6.07, 6.45) is 26.1. The maximum absolute atomic E-state index is 13.3. The Bertz CT molecular complexity index is 834. The third-order valence-electron chi connectivity index (χ3n) is 12.8. The topological polar surface area (TPSA) is 52.6 Å². The minimum Gasteiger partial charge on any atom is -0.381 e. The molecule has 5 aliphatic carbocycles. The molecule has 39 heavy (non-hydrogen) atoms. The van der Waals surface area contributed by atoms with E-state index in [1.807, 2.05) is 7.11 Å². The van der Waals surface area contributed by atoms with E-state index in [4.69, 9.17) is 9.47 Å². The zero-order valence-electron chi connectivity index (χ0n) is 25.6. The lowest BCUT2D eigenvalue weighted by Crippen LogP contribution is -2.46. The van der Waals surface area contributed by atoms with Crippen molar-refractivity contribution >= 4 is 9.84 Å². The van der Waals surface area contributed by atoms with Gasteiger partial charge in [-0.25, -0.2) is 8.42 Å². The van der Waals surface area contributed by atoms with Crippen molar-refractivity contribution in [2.24, 2.45) is 29.1 Å². The summed E-state index contributed by atoms with van der Waals surface area (Å²) in [4.78, 5) is 0. The van der Waals surface area contributed by atoms with Crippen LogP contribution in [0.25, 0.3) is 0 Å². The maximum atomic E-state index is 13.3. The van der Waals surface area contributed by atoms with Crippen LogP contribution < -0.4 is 0 Å². The van der Waals surface area contributed by atoms with E-state index in [1.54, 1.807) is 0 Å². The van der Waals surface area contributed by atoms with Gasteiger partial charge in [-0.05, 0) is 145 Å². The Morgan fingerprint density at radius 1 is 0.538 bits per heavy atom. The molecular formula is C34H60O4S. The van der Waals surface area contributed by atoms with Gasteiger partial charge in [0.1, 0.15) is 0 Å². The molecule has 5 heteroatoms. The van der Waals surface area contributed by atoms with Crippen LogP contribution in [0, 0.1) is 29.1 Å². The molecule has 0 aromatic heterocycles. The number of rotatable bonds is 8. The molecule has 226 valence electrons. The summed E-state index contributed by atoms with van der Waals surface area (Å²) in [5, 5.41) is -0.189. The van der Waals surface area contributed by atoms with Crippen LogP contribution in [-0.2, 0) is 19.3 Å². The lowest BCUT2D eigenvalue weighted by Gasteiger charge is -2.54. The van der Waals surface area contributed by atoms with Crippen LogP contribution in [-0.4, -0.2) is 44.3 Å². The molecule has 5 rings (SSSR count). The van der Waals surface area contributed by atoms with Crippen molar-refractivity contribution in [3.8, 4) is 0 Å². The summed E-state index contributed by atoms with van der Waals surface area (Å²) in [6, 6.07) is 0. The van der Waals surface area contributed by atoms with E-state index >= 15 is 0 Å². The first kappa shape index (κ1) is 30.3. The van der Waals surface area contributed by atoms with Crippen LogP contribution in [0.3, 0.4) is 0 Å². The van der Waals surface area contributed by atoms with Gasteiger partial charge in [0.2, 0.25) is 0 Å². The van der Waals surface area contributed by atoms with E-state index in [0.717, 1.165) is 69.1 Å². The Morgan fingerprint density at radius 3 is 1.44 bits per heavy atom. The van der Waals surface area contributed by atoms with Crippen LogP contribution in [0.4, 0.5) is 0 Å². The highest BCUT2D eigenvalue weighted by molar-refractivity contribution is 7.92. The van der Waals surface area contributed by atoms with Crippen LogP contribution in [0.15, 0.2) is 0 Å². The van der Waals surface area contributed by atoms with Crippen molar-refractivity contribution in [1.29, 1.82) is 0 Å². The van der Waals surface area contributed by atoms with E-state index in [9.17, 15) is 8.42 Å². The van der Waals surface area contributed by atoms with Crippen LogP contribution >= 0.6 is 0 Å². The van der Waals surface area contributed by atoms with Gasteiger partial charge in [-0.2, -0.15) is 0 Å². The maximum Gasteiger partial charge on any atom is 0.156 e. The Labute approximate surface area is 241 Å². The second-order valence-corrected chi connectivity index (χ2v) is 17.4. The normalized spacial score (nSPS) is 41.1. The molecule has 5 saturated carbocycles. The van der Waals surface area contributed by atoms with Gasteiger partial charge in [-0.1, -0.05) is 33.1 Å². The number of hydrogen-bond donors (Lipinski definition) is 0. The molecule has 0 radical (unpaired) electrons. The van der Waals surface area contributed by atoms with Gasteiger partial charge in [0.15, 0.2) is 9.84 Å². The second-order valence-electron chi connectivity index (χ2n) is 14.9. The van der Waals surface area contributed by atoms with E-state index in [0.29, 0.717) is 23.5 Å². The molecule has 5 fully saturated rings. The smallest absolute Gasteiger partial charge is 0.156 e. The third-order valence-corrected chi connectivity index (χ3v) is 15.6. The summed E-state index contributed by atoms with van der Waals surface area (Å²) in [6.45, 7) is 4.98. The first-order chi connectivity index (χ1) is 18.8. The Balaban J connectivity index is 1.12. The van der Waals surface area contributed by atoms with E-state index in [-0.39, 0.29) is 16.6 Å². The fraction of sp³-hybridized carbons (Fsp3) is 1.00. The van der Waals surface area contributed by atoms with Crippen LogP contribution in [0.5, 0.6) is 0 Å². The van der Waals surface area contributed by atoms with Crippen molar-refractivity contribution in [2.75, 3.05) is 7.11 Å². The quantitative estimate of drug-likeness (QED) is 0.296. The third kappa shape index (κ3) is 6.93. The molecule has 0 N–H and O–H groups in total. The Kier molecular flexibility index (Phi) is 10.5. The van der Waals surface area contributed by atoms with Crippen molar-refractivity contribution in [1.82, 2.24) is 0 Å². The zero-order valence-corrected chi connectivity index (χ0v) is 26.4. The van der Waals surface area contributed by atoms with E-state index in [1.165, 1.54) is 83.5 Å². The fourth-order valence-electron chi connectivity index (χ4n) is 10.1. The van der Waals surface area contributed by atoms with Gasteiger partial charge in [0.25, 0.3) is 0 Å². The van der Waals surface area contributed by atoms with Crippen molar-refractivity contribution in [2.45, 2.75) is 177 Å². The van der Waals surface area contributed by atoms with Gasteiger partial charge in [-0.15, -0.1) is 0 Å².